The lowest BCUT2D eigenvalue weighted by atomic mass is 9.67. The standard InChI is InChI=1S/C42H67NO10/c1-11-26-13-12-14-35(53-37-16-15-34(43(6)7)24(4)49-37)23(3)38(45)33-20-31-29(32(33)21-36(44)51-26)17-22(2)28-18-27(19-30(28)31)52-42-41(48-10)40(47-9)39(46-8)25(5)50-42/h17,20,23-32,34-35,37,39-42H,11-16,18-19,21H2,1-10H3/t23-,24-,25+,26+,27-,28+,29-,30-,31-,32+,34+,35?,37+,39+,40-,41-,42+/m1/s1. The lowest BCUT2D eigenvalue weighted by Crippen LogP contribution is -2.59. The van der Waals surface area contributed by atoms with Gasteiger partial charge in [-0.15, -0.1) is 0 Å². The number of rotatable bonds is 9. The van der Waals surface area contributed by atoms with Crippen molar-refractivity contribution in [1.82, 2.24) is 4.90 Å². The highest BCUT2D eigenvalue weighted by Gasteiger charge is 2.53. The molecule has 3 saturated heterocycles. The number of allylic oxidation sites excluding steroid dienone is 4. The normalized spacial score (nSPS) is 45.3. The Morgan fingerprint density at radius 1 is 0.811 bits per heavy atom. The maximum Gasteiger partial charge on any atom is 0.306 e. The molecule has 3 heterocycles. The predicted octanol–water partition coefficient (Wildman–Crippen LogP) is 5.88. The van der Waals surface area contributed by atoms with Gasteiger partial charge in [-0.05, 0) is 115 Å². The Bertz CT molecular complexity index is 1330. The molecule has 0 spiro atoms. The van der Waals surface area contributed by atoms with Crippen molar-refractivity contribution >= 4 is 11.8 Å². The molecule has 11 nitrogen and oxygen atoms in total. The first-order valence-electron chi connectivity index (χ1n) is 20.4. The van der Waals surface area contributed by atoms with Crippen molar-refractivity contribution < 1.29 is 47.5 Å². The summed E-state index contributed by atoms with van der Waals surface area (Å²) in [6.45, 7) is 10.4. The van der Waals surface area contributed by atoms with Crippen molar-refractivity contribution in [3.8, 4) is 0 Å². The van der Waals surface area contributed by atoms with Gasteiger partial charge in [0.25, 0.3) is 0 Å². The lowest BCUT2D eigenvalue weighted by molar-refractivity contribution is -0.314. The second-order valence-electron chi connectivity index (χ2n) is 17.0. The fraction of sp³-hybridized carbons (Fsp3) is 0.857. The first-order valence-corrected chi connectivity index (χ1v) is 20.4. The second-order valence-corrected chi connectivity index (χ2v) is 17.0. The van der Waals surface area contributed by atoms with E-state index in [0.717, 1.165) is 50.5 Å². The lowest BCUT2D eigenvalue weighted by Gasteiger charge is -2.44. The third-order valence-corrected chi connectivity index (χ3v) is 13.7. The van der Waals surface area contributed by atoms with Crippen LogP contribution in [0.4, 0.5) is 0 Å². The van der Waals surface area contributed by atoms with Crippen molar-refractivity contribution in [1.29, 1.82) is 0 Å². The van der Waals surface area contributed by atoms with E-state index in [2.05, 4.69) is 51.9 Å². The summed E-state index contributed by atoms with van der Waals surface area (Å²) in [6.07, 6.45) is 8.58. The summed E-state index contributed by atoms with van der Waals surface area (Å²) in [4.78, 5) is 30.5. The van der Waals surface area contributed by atoms with Gasteiger partial charge in [0, 0.05) is 39.2 Å². The number of carbonyl (C=O) groups is 2. The van der Waals surface area contributed by atoms with Crippen LogP contribution < -0.4 is 0 Å². The first-order chi connectivity index (χ1) is 25.4. The minimum Gasteiger partial charge on any atom is -0.462 e. The quantitative estimate of drug-likeness (QED) is 0.209. The highest BCUT2D eigenvalue weighted by atomic mass is 16.7. The molecule has 0 bridgehead atoms. The molecule has 300 valence electrons. The smallest absolute Gasteiger partial charge is 0.306 e. The third kappa shape index (κ3) is 8.53. The molecule has 17 atom stereocenters. The van der Waals surface area contributed by atoms with Crippen LogP contribution in [-0.2, 0) is 47.5 Å². The van der Waals surface area contributed by atoms with Crippen LogP contribution >= 0.6 is 0 Å². The molecule has 0 amide bonds. The van der Waals surface area contributed by atoms with E-state index in [9.17, 15) is 9.59 Å². The summed E-state index contributed by atoms with van der Waals surface area (Å²) >= 11 is 0. The van der Waals surface area contributed by atoms with Crippen LogP contribution in [-0.4, -0.2) is 120 Å². The van der Waals surface area contributed by atoms with Crippen LogP contribution in [0.5, 0.6) is 0 Å². The molecular weight excluding hydrogens is 678 g/mol. The molecule has 53 heavy (non-hydrogen) atoms. The Hall–Kier alpha value is -1.70. The van der Waals surface area contributed by atoms with Crippen molar-refractivity contribution in [2.75, 3.05) is 35.4 Å². The molecule has 6 rings (SSSR count). The molecule has 0 N–H and O–H groups in total. The number of hydrogen-bond acceptors (Lipinski definition) is 11. The number of carbonyl (C=O) groups excluding carboxylic acids is 2. The maximum absolute atomic E-state index is 14.7. The van der Waals surface area contributed by atoms with Crippen molar-refractivity contribution in [2.45, 2.75) is 160 Å². The monoisotopic (exact) mass is 745 g/mol. The highest BCUT2D eigenvalue weighted by molar-refractivity contribution is 5.99. The van der Waals surface area contributed by atoms with E-state index in [4.69, 9.17) is 37.9 Å². The molecule has 3 aliphatic carbocycles. The summed E-state index contributed by atoms with van der Waals surface area (Å²) < 4.78 is 49.8. The predicted molar refractivity (Wildman–Crippen MR) is 199 cm³/mol. The van der Waals surface area contributed by atoms with Gasteiger partial charge in [0.1, 0.15) is 24.4 Å². The average Bonchev–Trinajstić information content (AvgIpc) is 3.71. The molecule has 0 aromatic rings. The van der Waals surface area contributed by atoms with E-state index < -0.39 is 12.4 Å². The molecule has 0 aromatic carbocycles. The Balaban J connectivity index is 1.23. The van der Waals surface area contributed by atoms with Gasteiger partial charge in [0.2, 0.25) is 0 Å². The molecule has 4 fully saturated rings. The zero-order valence-corrected chi connectivity index (χ0v) is 33.9. The molecule has 1 saturated carbocycles. The molecule has 1 unspecified atom stereocenters. The summed E-state index contributed by atoms with van der Waals surface area (Å²) in [6, 6.07) is 0.337. The Kier molecular flexibility index (Phi) is 13.6. The minimum absolute atomic E-state index is 0.0364. The van der Waals surface area contributed by atoms with E-state index in [-0.39, 0.29) is 96.8 Å². The number of fused-ring (bicyclic) bond motifs is 5. The molecule has 0 aromatic heterocycles. The number of esters is 1. The van der Waals surface area contributed by atoms with Crippen LogP contribution in [0.25, 0.3) is 0 Å². The van der Waals surface area contributed by atoms with Gasteiger partial charge in [-0.2, -0.15) is 0 Å². The van der Waals surface area contributed by atoms with Crippen molar-refractivity contribution in [3.05, 3.63) is 23.3 Å². The fourth-order valence-corrected chi connectivity index (χ4v) is 10.8. The van der Waals surface area contributed by atoms with Gasteiger partial charge in [-0.3, -0.25) is 9.59 Å². The third-order valence-electron chi connectivity index (χ3n) is 13.7. The zero-order chi connectivity index (χ0) is 38.1. The topological polar surface area (TPSA) is 111 Å². The largest absolute Gasteiger partial charge is 0.462 e. The van der Waals surface area contributed by atoms with Gasteiger partial charge >= 0.3 is 5.97 Å². The fourth-order valence-electron chi connectivity index (χ4n) is 10.8. The van der Waals surface area contributed by atoms with Crippen molar-refractivity contribution in [2.24, 2.45) is 35.5 Å². The number of ether oxygens (including phenoxy) is 8. The van der Waals surface area contributed by atoms with Gasteiger partial charge in [0.15, 0.2) is 18.4 Å². The highest BCUT2D eigenvalue weighted by Crippen LogP contribution is 2.56. The number of ketones is 1. The van der Waals surface area contributed by atoms with Gasteiger partial charge < -0.3 is 42.8 Å². The van der Waals surface area contributed by atoms with Crippen LogP contribution in [0.3, 0.4) is 0 Å². The molecule has 11 heteroatoms. The van der Waals surface area contributed by atoms with Gasteiger partial charge in [0.05, 0.1) is 30.8 Å². The number of likely N-dealkylation sites (N-methyl/N-ethyl adjacent to an activating group) is 1. The summed E-state index contributed by atoms with van der Waals surface area (Å²) in [5, 5.41) is 0. The molecular formula is C42H67NO10. The average molecular weight is 746 g/mol. The van der Waals surface area contributed by atoms with E-state index in [1.54, 1.807) is 21.3 Å². The van der Waals surface area contributed by atoms with Crippen LogP contribution in [0, 0.1) is 35.5 Å². The Morgan fingerprint density at radius 2 is 1.55 bits per heavy atom. The van der Waals surface area contributed by atoms with E-state index in [1.165, 1.54) is 5.57 Å². The maximum atomic E-state index is 14.7. The second kappa shape index (κ2) is 17.6. The van der Waals surface area contributed by atoms with Gasteiger partial charge in [-0.25, -0.2) is 0 Å². The molecule has 0 radical (unpaired) electrons. The Morgan fingerprint density at radius 3 is 2.21 bits per heavy atom. The van der Waals surface area contributed by atoms with E-state index in [0.29, 0.717) is 18.4 Å². The van der Waals surface area contributed by atoms with Crippen LogP contribution in [0.15, 0.2) is 23.3 Å². The Labute approximate surface area is 317 Å². The van der Waals surface area contributed by atoms with Crippen molar-refractivity contribution in [3.63, 3.8) is 0 Å². The number of nitrogens with zero attached hydrogens (tertiary/aromatic N) is 1. The number of hydrogen-bond donors (Lipinski definition) is 0. The minimum atomic E-state index is -0.598. The summed E-state index contributed by atoms with van der Waals surface area (Å²) in [5.74, 6) is 0.00947. The summed E-state index contributed by atoms with van der Waals surface area (Å²) in [5.41, 5.74) is 2.07. The van der Waals surface area contributed by atoms with E-state index >= 15 is 0 Å². The van der Waals surface area contributed by atoms with Crippen LogP contribution in [0.2, 0.25) is 0 Å². The van der Waals surface area contributed by atoms with Crippen LogP contribution in [0.1, 0.15) is 92.4 Å². The first kappa shape index (κ1) is 40.9. The molecule has 3 aliphatic heterocycles. The number of methoxy groups -OCH3 is 3. The van der Waals surface area contributed by atoms with E-state index in [1.807, 2.05) is 13.8 Å². The number of Topliss-reactive ketones (excluding diaryl/α,β-unsaturated/α-hetero) is 1. The SMILES string of the molecule is CC[C@H]1CCCC(O[C@H]2CC[C@H](N(C)C)[C@@H](C)O2)[C@@H](C)C(=O)C2=C[C@@H]3[C@@H](C=C(C)[C@@H]4C[C@@H](O[C@@H]5O[C@@H](C)[C@H](OC)[C@@H](OC)[C@H]5OC)C[C@@H]34)[C@@H]2CC(=O)O1. The summed E-state index contributed by atoms with van der Waals surface area (Å²) in [7, 11) is 9.16. The number of cyclic esters (lactones) is 1. The van der Waals surface area contributed by atoms with Gasteiger partial charge in [-0.1, -0.05) is 31.6 Å². The zero-order valence-electron chi connectivity index (χ0n) is 33.9. The molecule has 6 aliphatic rings.